The van der Waals surface area contributed by atoms with Gasteiger partial charge in [0.1, 0.15) is 5.92 Å². The summed E-state index contributed by atoms with van der Waals surface area (Å²) >= 11 is 0. The molecular formula is C14H18N2O. The molecule has 0 fully saturated rings. The predicted octanol–water partition coefficient (Wildman–Crippen LogP) is 2.24. The molecule has 0 bridgehead atoms. The van der Waals surface area contributed by atoms with Crippen molar-refractivity contribution < 1.29 is 4.79 Å². The second-order valence-corrected chi connectivity index (χ2v) is 4.41. The first kappa shape index (κ1) is 13.2. The van der Waals surface area contributed by atoms with E-state index in [1.54, 1.807) is 11.9 Å². The Hall–Kier alpha value is -1.82. The van der Waals surface area contributed by atoms with Gasteiger partial charge < -0.3 is 4.90 Å². The summed E-state index contributed by atoms with van der Waals surface area (Å²) in [6.07, 6.45) is 0.479. The van der Waals surface area contributed by atoms with Gasteiger partial charge >= 0.3 is 0 Å². The molecule has 1 aromatic carbocycles. The molecule has 3 heteroatoms. The van der Waals surface area contributed by atoms with Crippen molar-refractivity contribution in [3.8, 4) is 6.07 Å². The molecule has 0 radical (unpaired) electrons. The van der Waals surface area contributed by atoms with Crippen molar-refractivity contribution in [2.75, 3.05) is 7.05 Å². The largest absolute Gasteiger partial charge is 0.342 e. The average molecular weight is 230 g/mol. The molecule has 1 unspecified atom stereocenters. The van der Waals surface area contributed by atoms with Gasteiger partial charge in [-0.25, -0.2) is 0 Å². The van der Waals surface area contributed by atoms with Crippen LogP contribution in [-0.2, 0) is 11.2 Å². The van der Waals surface area contributed by atoms with E-state index in [1.807, 2.05) is 44.2 Å². The Labute approximate surface area is 103 Å². The van der Waals surface area contributed by atoms with E-state index < -0.39 is 5.92 Å². The SMILES string of the molecule is CC(C)N(C)C(=O)C(C#N)Cc1ccccc1. The van der Waals surface area contributed by atoms with Crippen molar-refractivity contribution in [1.29, 1.82) is 5.26 Å². The van der Waals surface area contributed by atoms with E-state index in [0.717, 1.165) is 5.56 Å². The number of carbonyl (C=O) groups is 1. The molecule has 3 nitrogen and oxygen atoms in total. The summed E-state index contributed by atoms with van der Waals surface area (Å²) < 4.78 is 0. The summed E-state index contributed by atoms with van der Waals surface area (Å²) in [5.41, 5.74) is 1.02. The number of nitriles is 1. The molecule has 1 rings (SSSR count). The molecule has 0 saturated carbocycles. The standard InChI is InChI=1S/C14H18N2O/c1-11(2)16(3)14(17)13(10-15)9-12-7-5-4-6-8-12/h4-8,11,13H,9H2,1-3H3. The second kappa shape index (κ2) is 6.05. The highest BCUT2D eigenvalue weighted by Crippen LogP contribution is 2.12. The lowest BCUT2D eigenvalue weighted by molar-refractivity contribution is -0.133. The number of nitrogens with zero attached hydrogens (tertiary/aromatic N) is 2. The lowest BCUT2D eigenvalue weighted by Gasteiger charge is -2.23. The first-order valence-electron chi connectivity index (χ1n) is 5.76. The highest BCUT2D eigenvalue weighted by Gasteiger charge is 2.23. The molecule has 1 aromatic rings. The van der Waals surface area contributed by atoms with Crippen molar-refractivity contribution in [2.24, 2.45) is 5.92 Å². The molecule has 1 amide bonds. The lowest BCUT2D eigenvalue weighted by Crippen LogP contribution is -2.38. The van der Waals surface area contributed by atoms with Crippen LogP contribution in [0.3, 0.4) is 0 Å². The molecule has 1 atom stereocenters. The van der Waals surface area contributed by atoms with Gasteiger partial charge in [-0.3, -0.25) is 4.79 Å². The maximum Gasteiger partial charge on any atom is 0.240 e. The normalized spacial score (nSPS) is 11.9. The fourth-order valence-electron chi connectivity index (χ4n) is 1.54. The first-order valence-corrected chi connectivity index (χ1v) is 5.76. The predicted molar refractivity (Wildman–Crippen MR) is 67.2 cm³/mol. The summed E-state index contributed by atoms with van der Waals surface area (Å²) in [5, 5.41) is 9.09. The van der Waals surface area contributed by atoms with E-state index >= 15 is 0 Å². The summed E-state index contributed by atoms with van der Waals surface area (Å²) in [4.78, 5) is 13.6. The van der Waals surface area contributed by atoms with Crippen LogP contribution >= 0.6 is 0 Å². The number of carbonyl (C=O) groups excluding carboxylic acids is 1. The van der Waals surface area contributed by atoms with Crippen molar-refractivity contribution in [3.05, 3.63) is 35.9 Å². The molecular weight excluding hydrogens is 212 g/mol. The second-order valence-electron chi connectivity index (χ2n) is 4.41. The van der Waals surface area contributed by atoms with E-state index in [1.165, 1.54) is 0 Å². The number of hydrogen-bond acceptors (Lipinski definition) is 2. The van der Waals surface area contributed by atoms with Crippen LogP contribution in [-0.4, -0.2) is 23.9 Å². The van der Waals surface area contributed by atoms with Gasteiger partial charge in [-0.15, -0.1) is 0 Å². The number of rotatable bonds is 4. The van der Waals surface area contributed by atoms with Gasteiger partial charge in [0, 0.05) is 13.1 Å². The maximum atomic E-state index is 12.0. The molecule has 17 heavy (non-hydrogen) atoms. The van der Waals surface area contributed by atoms with Gasteiger partial charge in [-0.1, -0.05) is 30.3 Å². The molecule has 0 spiro atoms. The minimum Gasteiger partial charge on any atom is -0.342 e. The Kier molecular flexibility index (Phi) is 4.71. The van der Waals surface area contributed by atoms with Crippen molar-refractivity contribution >= 4 is 5.91 Å². The van der Waals surface area contributed by atoms with Crippen molar-refractivity contribution in [2.45, 2.75) is 26.3 Å². The summed E-state index contributed by atoms with van der Waals surface area (Å²) in [6, 6.07) is 11.8. The molecule has 0 saturated heterocycles. The average Bonchev–Trinajstić information content (AvgIpc) is 2.35. The minimum absolute atomic E-state index is 0.105. The highest BCUT2D eigenvalue weighted by molar-refractivity contribution is 5.81. The molecule has 0 aliphatic heterocycles. The van der Waals surface area contributed by atoms with Gasteiger partial charge in [0.25, 0.3) is 0 Å². The fourth-order valence-corrected chi connectivity index (χ4v) is 1.54. The Morgan fingerprint density at radius 3 is 2.41 bits per heavy atom. The number of hydrogen-bond donors (Lipinski definition) is 0. The Morgan fingerprint density at radius 1 is 1.35 bits per heavy atom. The monoisotopic (exact) mass is 230 g/mol. The van der Waals surface area contributed by atoms with Crippen LogP contribution in [0.25, 0.3) is 0 Å². The van der Waals surface area contributed by atoms with Gasteiger partial charge in [-0.2, -0.15) is 5.26 Å². The molecule has 0 heterocycles. The third-order valence-corrected chi connectivity index (χ3v) is 2.86. The van der Waals surface area contributed by atoms with Gasteiger partial charge in [0.15, 0.2) is 0 Å². The van der Waals surface area contributed by atoms with E-state index in [-0.39, 0.29) is 11.9 Å². The van der Waals surface area contributed by atoms with Crippen LogP contribution in [0.2, 0.25) is 0 Å². The van der Waals surface area contributed by atoms with Crippen LogP contribution < -0.4 is 0 Å². The molecule has 90 valence electrons. The van der Waals surface area contributed by atoms with Crippen molar-refractivity contribution in [3.63, 3.8) is 0 Å². The summed E-state index contributed by atoms with van der Waals surface area (Å²) in [7, 11) is 1.74. The summed E-state index contributed by atoms with van der Waals surface area (Å²) in [6.45, 7) is 3.88. The van der Waals surface area contributed by atoms with Gasteiger partial charge in [-0.05, 0) is 25.8 Å². The smallest absolute Gasteiger partial charge is 0.240 e. The molecule has 0 aliphatic carbocycles. The Morgan fingerprint density at radius 2 is 1.94 bits per heavy atom. The van der Waals surface area contributed by atoms with Gasteiger partial charge in [0.05, 0.1) is 6.07 Å². The van der Waals surface area contributed by atoms with E-state index in [9.17, 15) is 4.79 Å². The van der Waals surface area contributed by atoms with Crippen LogP contribution in [0.5, 0.6) is 0 Å². The number of amides is 1. The van der Waals surface area contributed by atoms with Crippen molar-refractivity contribution in [1.82, 2.24) is 4.90 Å². The zero-order valence-electron chi connectivity index (χ0n) is 10.6. The fraction of sp³-hybridized carbons (Fsp3) is 0.429. The Balaban J connectivity index is 2.74. The quantitative estimate of drug-likeness (QED) is 0.796. The summed E-state index contributed by atoms with van der Waals surface area (Å²) in [5.74, 6) is -0.698. The van der Waals surface area contributed by atoms with Crippen LogP contribution in [0.4, 0.5) is 0 Å². The lowest BCUT2D eigenvalue weighted by atomic mass is 9.99. The van der Waals surface area contributed by atoms with Crippen LogP contribution in [0, 0.1) is 17.2 Å². The van der Waals surface area contributed by atoms with E-state index in [0.29, 0.717) is 6.42 Å². The zero-order valence-corrected chi connectivity index (χ0v) is 10.6. The Bertz CT molecular complexity index is 406. The van der Waals surface area contributed by atoms with E-state index in [2.05, 4.69) is 6.07 Å². The topological polar surface area (TPSA) is 44.1 Å². The van der Waals surface area contributed by atoms with Crippen LogP contribution in [0.1, 0.15) is 19.4 Å². The van der Waals surface area contributed by atoms with Gasteiger partial charge in [0.2, 0.25) is 5.91 Å². The molecule has 0 aromatic heterocycles. The van der Waals surface area contributed by atoms with Crippen LogP contribution in [0.15, 0.2) is 30.3 Å². The highest BCUT2D eigenvalue weighted by atomic mass is 16.2. The number of benzene rings is 1. The zero-order chi connectivity index (χ0) is 12.8. The third kappa shape index (κ3) is 3.60. The molecule has 0 N–H and O–H groups in total. The first-order chi connectivity index (χ1) is 8.06. The van der Waals surface area contributed by atoms with E-state index in [4.69, 9.17) is 5.26 Å². The maximum absolute atomic E-state index is 12.0. The molecule has 0 aliphatic rings. The minimum atomic E-state index is -0.593. The third-order valence-electron chi connectivity index (χ3n) is 2.86.